The predicted octanol–water partition coefficient (Wildman–Crippen LogP) is 3.56. The lowest BCUT2D eigenvalue weighted by Gasteiger charge is -2.33. The molecule has 0 radical (unpaired) electrons. The van der Waals surface area contributed by atoms with Crippen molar-refractivity contribution in [2.24, 2.45) is 0 Å². The average Bonchev–Trinajstić information content (AvgIpc) is 3.31. The van der Waals surface area contributed by atoms with Crippen molar-refractivity contribution in [3.63, 3.8) is 0 Å². The summed E-state index contributed by atoms with van der Waals surface area (Å²) in [5.41, 5.74) is 3.33. The van der Waals surface area contributed by atoms with Crippen molar-refractivity contribution in [1.29, 1.82) is 0 Å². The Hall–Kier alpha value is -2.63. The first-order valence-corrected chi connectivity index (χ1v) is 11.1. The van der Waals surface area contributed by atoms with Crippen LogP contribution in [0.4, 0.5) is 11.4 Å². The van der Waals surface area contributed by atoms with Gasteiger partial charge in [0.1, 0.15) is 0 Å². The molecule has 0 atom stereocenters. The van der Waals surface area contributed by atoms with Gasteiger partial charge in [0.2, 0.25) is 5.91 Å². The number of anilines is 2. The van der Waals surface area contributed by atoms with Crippen LogP contribution in [0.25, 0.3) is 6.08 Å². The highest BCUT2D eigenvalue weighted by atomic mass is 16.2. The van der Waals surface area contributed by atoms with Crippen LogP contribution in [0.15, 0.2) is 60.7 Å². The summed E-state index contributed by atoms with van der Waals surface area (Å²) in [5.74, 6) is 0.0825. The molecule has 2 aliphatic heterocycles. The van der Waals surface area contributed by atoms with Crippen LogP contribution in [0.2, 0.25) is 0 Å². The molecule has 30 heavy (non-hydrogen) atoms. The Morgan fingerprint density at radius 3 is 2.27 bits per heavy atom. The summed E-state index contributed by atoms with van der Waals surface area (Å²) in [6, 6.07) is 18.6. The Balaban J connectivity index is 1.22. The van der Waals surface area contributed by atoms with E-state index in [1.165, 1.54) is 18.4 Å². The van der Waals surface area contributed by atoms with Gasteiger partial charge in [0, 0.05) is 45.8 Å². The number of amides is 1. The van der Waals surface area contributed by atoms with E-state index in [1.54, 1.807) is 0 Å². The second kappa shape index (κ2) is 10.4. The molecule has 0 aliphatic carbocycles. The summed E-state index contributed by atoms with van der Waals surface area (Å²) in [5, 5.41) is 3.15. The Bertz CT molecular complexity index is 837. The van der Waals surface area contributed by atoms with Crippen molar-refractivity contribution in [3.8, 4) is 0 Å². The minimum atomic E-state index is 0.0825. The number of para-hydroxylation sites is 2. The SMILES string of the molecule is O=C(CN1CCN(CC=Cc2ccccc2)CC1)Nc1ccccc1N1CCCC1. The van der Waals surface area contributed by atoms with E-state index >= 15 is 0 Å². The van der Waals surface area contributed by atoms with Crippen LogP contribution in [0.3, 0.4) is 0 Å². The third kappa shape index (κ3) is 5.71. The van der Waals surface area contributed by atoms with Crippen molar-refractivity contribution >= 4 is 23.4 Å². The molecule has 0 unspecified atom stereocenters. The lowest BCUT2D eigenvalue weighted by Crippen LogP contribution is -2.48. The highest BCUT2D eigenvalue weighted by Gasteiger charge is 2.20. The topological polar surface area (TPSA) is 38.8 Å². The number of benzene rings is 2. The van der Waals surface area contributed by atoms with Crippen molar-refractivity contribution in [2.75, 3.05) is 62.6 Å². The number of nitrogens with one attached hydrogen (secondary N) is 1. The van der Waals surface area contributed by atoms with Gasteiger partial charge in [0.15, 0.2) is 0 Å². The molecule has 0 saturated carbocycles. The minimum absolute atomic E-state index is 0.0825. The summed E-state index contributed by atoms with van der Waals surface area (Å²) < 4.78 is 0. The highest BCUT2D eigenvalue weighted by molar-refractivity contribution is 5.95. The van der Waals surface area contributed by atoms with Gasteiger partial charge < -0.3 is 10.2 Å². The van der Waals surface area contributed by atoms with Crippen molar-refractivity contribution in [3.05, 3.63) is 66.2 Å². The van der Waals surface area contributed by atoms with Gasteiger partial charge in [-0.3, -0.25) is 14.6 Å². The number of carbonyl (C=O) groups excluding carboxylic acids is 1. The summed E-state index contributed by atoms with van der Waals surface area (Å²) in [7, 11) is 0. The highest BCUT2D eigenvalue weighted by Crippen LogP contribution is 2.28. The van der Waals surface area contributed by atoms with Crippen LogP contribution in [-0.2, 0) is 4.79 Å². The predicted molar refractivity (Wildman–Crippen MR) is 125 cm³/mol. The molecule has 5 heteroatoms. The van der Waals surface area contributed by atoms with Gasteiger partial charge in [-0.25, -0.2) is 0 Å². The quantitative estimate of drug-likeness (QED) is 0.766. The van der Waals surface area contributed by atoms with Crippen LogP contribution in [0.5, 0.6) is 0 Å². The van der Waals surface area contributed by atoms with Crippen LogP contribution in [-0.4, -0.2) is 68.1 Å². The van der Waals surface area contributed by atoms with Gasteiger partial charge in [0.05, 0.1) is 17.9 Å². The normalized spacial score (nSPS) is 18.2. The molecule has 0 aromatic heterocycles. The number of hydrogen-bond acceptors (Lipinski definition) is 4. The first kappa shape index (κ1) is 20.6. The summed E-state index contributed by atoms with van der Waals surface area (Å²) in [4.78, 5) is 19.7. The number of carbonyl (C=O) groups is 1. The van der Waals surface area contributed by atoms with E-state index in [2.05, 4.69) is 68.6 Å². The Morgan fingerprint density at radius 1 is 0.833 bits per heavy atom. The molecule has 2 aromatic rings. The van der Waals surface area contributed by atoms with Gasteiger partial charge >= 0.3 is 0 Å². The largest absolute Gasteiger partial charge is 0.370 e. The average molecular weight is 405 g/mol. The maximum Gasteiger partial charge on any atom is 0.238 e. The lowest BCUT2D eigenvalue weighted by atomic mass is 10.2. The molecule has 4 rings (SSSR count). The molecule has 2 aliphatic rings. The van der Waals surface area contributed by atoms with E-state index < -0.39 is 0 Å². The van der Waals surface area contributed by atoms with E-state index in [4.69, 9.17) is 0 Å². The van der Waals surface area contributed by atoms with Gasteiger partial charge in [0.25, 0.3) is 0 Å². The van der Waals surface area contributed by atoms with E-state index in [9.17, 15) is 4.79 Å². The molecule has 2 fully saturated rings. The Labute approximate surface area is 180 Å². The van der Waals surface area contributed by atoms with E-state index in [0.29, 0.717) is 6.54 Å². The molecule has 2 aromatic carbocycles. The van der Waals surface area contributed by atoms with Gasteiger partial charge in [-0.1, -0.05) is 54.6 Å². The fourth-order valence-electron chi connectivity index (χ4n) is 4.24. The molecule has 0 spiro atoms. The van der Waals surface area contributed by atoms with Gasteiger partial charge in [-0.15, -0.1) is 0 Å². The van der Waals surface area contributed by atoms with Crippen LogP contribution >= 0.6 is 0 Å². The molecule has 1 amide bonds. The monoisotopic (exact) mass is 404 g/mol. The molecule has 158 valence electrons. The summed E-state index contributed by atoms with van der Waals surface area (Å²) in [6.07, 6.45) is 6.87. The molecule has 0 bridgehead atoms. The van der Waals surface area contributed by atoms with Gasteiger partial charge in [-0.05, 0) is 30.5 Å². The fraction of sp³-hybridized carbons (Fsp3) is 0.400. The zero-order chi connectivity index (χ0) is 20.6. The zero-order valence-corrected chi connectivity index (χ0v) is 17.7. The Kier molecular flexibility index (Phi) is 7.16. The minimum Gasteiger partial charge on any atom is -0.370 e. The van der Waals surface area contributed by atoms with Crippen LogP contribution < -0.4 is 10.2 Å². The van der Waals surface area contributed by atoms with E-state index in [1.807, 2.05) is 18.2 Å². The second-order valence-corrected chi connectivity index (χ2v) is 8.15. The van der Waals surface area contributed by atoms with Crippen molar-refractivity contribution in [2.45, 2.75) is 12.8 Å². The maximum absolute atomic E-state index is 12.7. The molecule has 1 N–H and O–H groups in total. The second-order valence-electron chi connectivity index (χ2n) is 8.15. The molecule has 2 saturated heterocycles. The van der Waals surface area contributed by atoms with Crippen LogP contribution in [0.1, 0.15) is 18.4 Å². The van der Waals surface area contributed by atoms with Crippen molar-refractivity contribution in [1.82, 2.24) is 9.80 Å². The van der Waals surface area contributed by atoms with E-state index in [0.717, 1.165) is 57.2 Å². The third-order valence-corrected chi connectivity index (χ3v) is 5.93. The number of hydrogen-bond donors (Lipinski definition) is 1. The summed E-state index contributed by atoms with van der Waals surface area (Å²) >= 11 is 0. The zero-order valence-electron chi connectivity index (χ0n) is 17.7. The standard InChI is InChI=1S/C25H32N4O/c30-25(26-23-12-4-5-13-24(23)29-15-6-7-16-29)21-28-19-17-27(18-20-28)14-8-11-22-9-2-1-3-10-22/h1-5,8-13H,6-7,14-21H2,(H,26,30). The first-order valence-electron chi connectivity index (χ1n) is 11.1. The fourth-order valence-corrected chi connectivity index (χ4v) is 4.24. The summed E-state index contributed by atoms with van der Waals surface area (Å²) in [6.45, 7) is 7.43. The lowest BCUT2D eigenvalue weighted by molar-refractivity contribution is -0.117. The smallest absolute Gasteiger partial charge is 0.238 e. The molecule has 2 heterocycles. The molecular weight excluding hydrogens is 372 g/mol. The maximum atomic E-state index is 12.7. The van der Waals surface area contributed by atoms with Gasteiger partial charge in [-0.2, -0.15) is 0 Å². The van der Waals surface area contributed by atoms with E-state index in [-0.39, 0.29) is 5.91 Å². The van der Waals surface area contributed by atoms with Crippen molar-refractivity contribution < 1.29 is 4.79 Å². The number of nitrogens with zero attached hydrogens (tertiary/aromatic N) is 3. The third-order valence-electron chi connectivity index (χ3n) is 5.93. The first-order chi connectivity index (χ1) is 14.8. The molecule has 5 nitrogen and oxygen atoms in total. The Morgan fingerprint density at radius 2 is 1.50 bits per heavy atom. The molecular formula is C25H32N4O. The number of rotatable bonds is 7. The number of piperazine rings is 1. The van der Waals surface area contributed by atoms with Crippen LogP contribution in [0, 0.1) is 0 Å².